The maximum atomic E-state index is 13.0. The molecule has 20 heavy (non-hydrogen) atoms. The average molecular weight is 299 g/mol. The van der Waals surface area contributed by atoms with E-state index in [1.807, 2.05) is 0 Å². The van der Waals surface area contributed by atoms with Crippen molar-refractivity contribution >= 4 is 11.6 Å². The molecule has 1 N–H and O–H groups in total. The van der Waals surface area contributed by atoms with Gasteiger partial charge in [0.1, 0.15) is 24.0 Å². The topological polar surface area (TPSA) is 29.5 Å². The Balaban J connectivity index is 2.11. The molecule has 2 aromatic rings. The molecule has 106 valence electrons. The van der Waals surface area contributed by atoms with Gasteiger partial charge in [-0.3, -0.25) is 0 Å². The van der Waals surface area contributed by atoms with Crippen LogP contribution in [0.25, 0.3) is 0 Å². The van der Waals surface area contributed by atoms with Gasteiger partial charge in [-0.2, -0.15) is 0 Å². The smallest absolute Gasteiger partial charge is 0.138 e. The van der Waals surface area contributed by atoms with Crippen LogP contribution >= 0.6 is 11.6 Å². The summed E-state index contributed by atoms with van der Waals surface area (Å²) in [5, 5.41) is 9.76. The molecule has 2 rings (SSSR count). The second-order valence-electron chi connectivity index (χ2n) is 4.43. The SMILES string of the molecule is CC(O)c1ccc(OCc2cc(F)cc(F)c2)c(Cl)c1. The van der Waals surface area contributed by atoms with Gasteiger partial charge in [0.05, 0.1) is 11.1 Å². The Morgan fingerprint density at radius 2 is 1.80 bits per heavy atom. The summed E-state index contributed by atoms with van der Waals surface area (Å²) in [6.07, 6.45) is -0.626. The summed E-state index contributed by atoms with van der Waals surface area (Å²) in [5.74, 6) is -0.918. The Morgan fingerprint density at radius 1 is 1.15 bits per heavy atom. The first-order chi connectivity index (χ1) is 9.45. The average Bonchev–Trinajstić information content (AvgIpc) is 2.36. The Morgan fingerprint density at radius 3 is 2.35 bits per heavy atom. The molecule has 0 aliphatic carbocycles. The molecule has 1 unspecified atom stereocenters. The normalized spacial score (nSPS) is 12.2. The van der Waals surface area contributed by atoms with Crippen molar-refractivity contribution in [1.29, 1.82) is 0 Å². The van der Waals surface area contributed by atoms with Crippen molar-refractivity contribution in [2.45, 2.75) is 19.6 Å². The van der Waals surface area contributed by atoms with Crippen LogP contribution in [0.5, 0.6) is 5.75 Å². The number of aliphatic hydroxyl groups is 1. The van der Waals surface area contributed by atoms with Gasteiger partial charge in [0, 0.05) is 6.07 Å². The second-order valence-corrected chi connectivity index (χ2v) is 4.84. The number of halogens is 3. The fourth-order valence-electron chi connectivity index (χ4n) is 1.75. The molecule has 5 heteroatoms. The first-order valence-corrected chi connectivity index (χ1v) is 6.39. The van der Waals surface area contributed by atoms with Gasteiger partial charge in [0.25, 0.3) is 0 Å². The fourth-order valence-corrected chi connectivity index (χ4v) is 1.99. The standard InChI is InChI=1S/C15H13ClF2O2/c1-9(19)11-2-3-15(14(16)6-11)20-8-10-4-12(17)7-13(18)5-10/h2-7,9,19H,8H2,1H3. The summed E-state index contributed by atoms with van der Waals surface area (Å²) in [5.41, 5.74) is 1.04. The quantitative estimate of drug-likeness (QED) is 0.914. The number of aliphatic hydroxyl groups excluding tert-OH is 1. The first kappa shape index (κ1) is 14.8. The third kappa shape index (κ3) is 3.68. The van der Waals surface area contributed by atoms with E-state index in [2.05, 4.69) is 0 Å². The number of rotatable bonds is 4. The van der Waals surface area contributed by atoms with Crippen LogP contribution in [-0.4, -0.2) is 5.11 Å². The molecular weight excluding hydrogens is 286 g/mol. The molecular formula is C15H13ClF2O2. The zero-order chi connectivity index (χ0) is 14.7. The van der Waals surface area contributed by atoms with Gasteiger partial charge in [-0.25, -0.2) is 8.78 Å². The summed E-state index contributed by atoms with van der Waals surface area (Å²) in [6.45, 7) is 1.63. The van der Waals surface area contributed by atoms with Gasteiger partial charge >= 0.3 is 0 Å². The van der Waals surface area contributed by atoms with Crippen molar-refractivity contribution < 1.29 is 18.6 Å². The highest BCUT2D eigenvalue weighted by atomic mass is 35.5. The molecule has 0 saturated heterocycles. The zero-order valence-electron chi connectivity index (χ0n) is 10.7. The summed E-state index contributed by atoms with van der Waals surface area (Å²) in [4.78, 5) is 0. The van der Waals surface area contributed by atoms with Crippen molar-refractivity contribution in [2.75, 3.05) is 0 Å². The highest BCUT2D eigenvalue weighted by Gasteiger charge is 2.08. The number of benzene rings is 2. The zero-order valence-corrected chi connectivity index (χ0v) is 11.5. The predicted molar refractivity (Wildman–Crippen MR) is 72.8 cm³/mol. The Bertz CT molecular complexity index is 595. The van der Waals surface area contributed by atoms with Gasteiger partial charge in [-0.15, -0.1) is 0 Å². The van der Waals surface area contributed by atoms with Crippen LogP contribution in [0.4, 0.5) is 8.78 Å². The van der Waals surface area contributed by atoms with E-state index in [1.165, 1.54) is 12.1 Å². The lowest BCUT2D eigenvalue weighted by Crippen LogP contribution is -1.98. The highest BCUT2D eigenvalue weighted by molar-refractivity contribution is 6.32. The van der Waals surface area contributed by atoms with E-state index in [0.29, 0.717) is 21.9 Å². The lowest BCUT2D eigenvalue weighted by Gasteiger charge is -2.11. The van der Waals surface area contributed by atoms with Crippen LogP contribution < -0.4 is 4.74 Å². The molecule has 2 aromatic carbocycles. The Labute approximate surface area is 120 Å². The molecule has 0 bridgehead atoms. The minimum Gasteiger partial charge on any atom is -0.487 e. The molecule has 0 saturated carbocycles. The van der Waals surface area contributed by atoms with E-state index in [-0.39, 0.29) is 6.61 Å². The van der Waals surface area contributed by atoms with Crippen LogP contribution in [0, 0.1) is 11.6 Å². The van der Waals surface area contributed by atoms with Crippen LogP contribution in [0.3, 0.4) is 0 Å². The van der Waals surface area contributed by atoms with Gasteiger partial charge in [-0.1, -0.05) is 17.7 Å². The third-order valence-electron chi connectivity index (χ3n) is 2.76. The van der Waals surface area contributed by atoms with E-state index in [0.717, 1.165) is 6.07 Å². The molecule has 2 nitrogen and oxygen atoms in total. The van der Waals surface area contributed by atoms with Crippen molar-refractivity contribution in [2.24, 2.45) is 0 Å². The molecule has 0 aliphatic heterocycles. The lowest BCUT2D eigenvalue weighted by molar-refractivity contribution is 0.199. The second kappa shape index (κ2) is 6.20. The third-order valence-corrected chi connectivity index (χ3v) is 3.05. The van der Waals surface area contributed by atoms with E-state index in [4.69, 9.17) is 16.3 Å². The molecule has 1 atom stereocenters. The largest absolute Gasteiger partial charge is 0.487 e. The minimum atomic E-state index is -0.654. The van der Waals surface area contributed by atoms with Crippen molar-refractivity contribution in [3.63, 3.8) is 0 Å². The molecule has 0 spiro atoms. The van der Waals surface area contributed by atoms with Crippen LogP contribution in [0.1, 0.15) is 24.2 Å². The number of hydrogen-bond acceptors (Lipinski definition) is 2. The van der Waals surface area contributed by atoms with E-state index in [1.54, 1.807) is 25.1 Å². The summed E-state index contributed by atoms with van der Waals surface area (Å²) in [7, 11) is 0. The van der Waals surface area contributed by atoms with E-state index in [9.17, 15) is 13.9 Å². The highest BCUT2D eigenvalue weighted by Crippen LogP contribution is 2.28. The van der Waals surface area contributed by atoms with Gasteiger partial charge < -0.3 is 9.84 Å². The molecule has 0 heterocycles. The van der Waals surface area contributed by atoms with E-state index < -0.39 is 17.7 Å². The van der Waals surface area contributed by atoms with Crippen molar-refractivity contribution in [1.82, 2.24) is 0 Å². The van der Waals surface area contributed by atoms with Crippen LogP contribution in [0.2, 0.25) is 5.02 Å². The van der Waals surface area contributed by atoms with Crippen molar-refractivity contribution in [3.8, 4) is 5.75 Å². The molecule has 0 amide bonds. The van der Waals surface area contributed by atoms with E-state index >= 15 is 0 Å². The molecule has 0 radical (unpaired) electrons. The summed E-state index contributed by atoms with van der Waals surface area (Å²) < 4.78 is 31.5. The Kier molecular flexibility index (Phi) is 4.57. The minimum absolute atomic E-state index is 0.00241. The number of ether oxygens (including phenoxy) is 1. The van der Waals surface area contributed by atoms with Gasteiger partial charge in [0.15, 0.2) is 0 Å². The maximum absolute atomic E-state index is 13.0. The lowest BCUT2D eigenvalue weighted by atomic mass is 10.1. The van der Waals surface area contributed by atoms with Crippen molar-refractivity contribution in [3.05, 3.63) is 64.2 Å². The molecule has 0 aromatic heterocycles. The van der Waals surface area contributed by atoms with Gasteiger partial charge in [0.2, 0.25) is 0 Å². The summed E-state index contributed by atoms with van der Waals surface area (Å²) >= 11 is 6.02. The van der Waals surface area contributed by atoms with Crippen LogP contribution in [0.15, 0.2) is 36.4 Å². The first-order valence-electron chi connectivity index (χ1n) is 6.01. The fraction of sp³-hybridized carbons (Fsp3) is 0.200. The Hall–Kier alpha value is -1.65. The summed E-state index contributed by atoms with van der Waals surface area (Å²) in [6, 6.07) is 8.07. The molecule has 0 aliphatic rings. The van der Waals surface area contributed by atoms with Gasteiger partial charge in [-0.05, 0) is 42.3 Å². The predicted octanol–water partition coefficient (Wildman–Crippen LogP) is 4.25. The van der Waals surface area contributed by atoms with Crippen LogP contribution in [-0.2, 0) is 6.61 Å². The maximum Gasteiger partial charge on any atom is 0.138 e. The number of hydrogen-bond donors (Lipinski definition) is 1. The monoisotopic (exact) mass is 298 g/mol. The molecule has 0 fully saturated rings.